The number of carbonyl (C=O) groups is 2. The summed E-state index contributed by atoms with van der Waals surface area (Å²) in [6.07, 6.45) is 4.49. The summed E-state index contributed by atoms with van der Waals surface area (Å²) in [7, 11) is 0. The van der Waals surface area contributed by atoms with Gasteiger partial charge < -0.3 is 15.7 Å². The average molecular weight is 501 g/mol. The number of aromatic hydroxyl groups is 1. The Morgan fingerprint density at radius 1 is 1.09 bits per heavy atom. The summed E-state index contributed by atoms with van der Waals surface area (Å²) in [5, 5.41) is 21.6. The summed E-state index contributed by atoms with van der Waals surface area (Å²) in [6.45, 7) is 2.03. The number of nitrogens with zero attached hydrogens (tertiary/aromatic N) is 2. The third-order valence-electron chi connectivity index (χ3n) is 6.01. The van der Waals surface area contributed by atoms with Crippen molar-refractivity contribution in [2.45, 2.75) is 51.5 Å². The molecule has 1 aromatic heterocycles. The van der Waals surface area contributed by atoms with Crippen molar-refractivity contribution in [1.29, 1.82) is 0 Å². The Hall–Kier alpha value is -3.03. The summed E-state index contributed by atoms with van der Waals surface area (Å²) in [5.41, 5.74) is 3.10. The molecule has 34 heavy (non-hydrogen) atoms. The summed E-state index contributed by atoms with van der Waals surface area (Å²) in [4.78, 5) is 24.9. The Balaban J connectivity index is 1.63. The molecule has 0 atom stereocenters. The van der Waals surface area contributed by atoms with Gasteiger partial charge in [-0.15, -0.1) is 0 Å². The van der Waals surface area contributed by atoms with Gasteiger partial charge >= 0.3 is 6.03 Å². The van der Waals surface area contributed by atoms with Gasteiger partial charge in [-0.2, -0.15) is 9.78 Å². The lowest BCUT2D eigenvalue weighted by atomic mass is 10.0. The van der Waals surface area contributed by atoms with Crippen LogP contribution in [0.2, 0.25) is 10.0 Å². The first-order valence-corrected chi connectivity index (χ1v) is 12.1. The lowest BCUT2D eigenvalue weighted by Gasteiger charge is -2.12. The minimum absolute atomic E-state index is 0.0216. The van der Waals surface area contributed by atoms with E-state index in [0.717, 1.165) is 36.9 Å². The Morgan fingerprint density at radius 3 is 2.56 bits per heavy atom. The van der Waals surface area contributed by atoms with Gasteiger partial charge in [-0.1, -0.05) is 49.0 Å². The first-order chi connectivity index (χ1) is 16.4. The Kier molecular flexibility index (Phi) is 7.44. The monoisotopic (exact) mass is 500 g/mol. The maximum Gasteiger partial charge on any atom is 0.342 e. The highest BCUT2D eigenvalue weighted by Crippen LogP contribution is 2.38. The van der Waals surface area contributed by atoms with Crippen LogP contribution in [0.1, 0.15) is 56.2 Å². The summed E-state index contributed by atoms with van der Waals surface area (Å²) in [5.74, 6) is 0.103. The molecule has 0 aliphatic heterocycles. The largest absolute Gasteiger partial charge is 0.507 e. The van der Waals surface area contributed by atoms with Crippen molar-refractivity contribution in [3.63, 3.8) is 0 Å². The van der Waals surface area contributed by atoms with Gasteiger partial charge in [0, 0.05) is 30.1 Å². The van der Waals surface area contributed by atoms with E-state index in [2.05, 4.69) is 15.7 Å². The van der Waals surface area contributed by atoms with E-state index in [-0.39, 0.29) is 30.2 Å². The van der Waals surface area contributed by atoms with Crippen molar-refractivity contribution in [2.75, 3.05) is 5.32 Å². The van der Waals surface area contributed by atoms with Crippen LogP contribution in [0.5, 0.6) is 5.75 Å². The van der Waals surface area contributed by atoms with Crippen molar-refractivity contribution < 1.29 is 14.7 Å². The van der Waals surface area contributed by atoms with E-state index < -0.39 is 0 Å². The molecule has 178 valence electrons. The van der Waals surface area contributed by atoms with E-state index in [1.54, 1.807) is 37.3 Å². The molecule has 0 bridgehead atoms. The smallest absolute Gasteiger partial charge is 0.342 e. The fraction of sp³-hybridized carbons (Fsp3) is 0.320. The minimum atomic E-state index is -0.367. The van der Waals surface area contributed by atoms with Crippen molar-refractivity contribution in [3.05, 3.63) is 63.8 Å². The molecule has 0 radical (unpaired) electrons. The molecule has 1 aliphatic carbocycles. The molecule has 3 N–H and O–H groups in total. The van der Waals surface area contributed by atoms with E-state index in [4.69, 9.17) is 23.2 Å². The van der Waals surface area contributed by atoms with Crippen LogP contribution in [-0.2, 0) is 11.3 Å². The van der Waals surface area contributed by atoms with Crippen LogP contribution in [0.25, 0.3) is 11.3 Å². The number of anilines is 1. The first kappa shape index (κ1) is 24.1. The molecule has 2 aromatic carbocycles. The highest BCUT2D eigenvalue weighted by Gasteiger charge is 2.26. The van der Waals surface area contributed by atoms with Crippen molar-refractivity contribution in [3.8, 4) is 17.0 Å². The van der Waals surface area contributed by atoms with Gasteiger partial charge in [-0.25, -0.2) is 4.79 Å². The summed E-state index contributed by atoms with van der Waals surface area (Å²) in [6, 6.07) is 11.5. The molecule has 2 amide bonds. The standard InChI is InChI=1S/C25H26Cl2N4O3/c1-2-24(33)29-17-8-10-23(32)18(12-17)21-13-22(16-5-3-4-6-16)31(30-21)25(34)28-14-15-7-9-19(26)20(27)11-15/h7-13,16,32H,2-6,14H2,1H3,(H,28,34)(H,29,33). The van der Waals surface area contributed by atoms with Crippen LogP contribution in [0, 0.1) is 0 Å². The summed E-state index contributed by atoms with van der Waals surface area (Å²) < 4.78 is 1.39. The SMILES string of the molecule is CCC(=O)Nc1ccc(O)c(-c2cc(C3CCCC3)n(C(=O)NCc3ccc(Cl)c(Cl)c3)n2)c1. The molecule has 4 rings (SSSR count). The molecule has 7 nitrogen and oxygen atoms in total. The van der Waals surface area contributed by atoms with Gasteiger partial charge in [0.25, 0.3) is 0 Å². The van der Waals surface area contributed by atoms with Gasteiger partial charge in [-0.3, -0.25) is 4.79 Å². The van der Waals surface area contributed by atoms with Crippen LogP contribution in [0.4, 0.5) is 10.5 Å². The average Bonchev–Trinajstić information content (AvgIpc) is 3.51. The maximum absolute atomic E-state index is 13.1. The number of phenolic OH excluding ortho intramolecular Hbond substituents is 1. The highest BCUT2D eigenvalue weighted by molar-refractivity contribution is 6.42. The van der Waals surface area contributed by atoms with Crippen molar-refractivity contribution in [2.24, 2.45) is 0 Å². The number of benzene rings is 2. The Labute approximate surface area is 208 Å². The first-order valence-electron chi connectivity index (χ1n) is 11.3. The highest BCUT2D eigenvalue weighted by atomic mass is 35.5. The normalized spacial score (nSPS) is 13.7. The van der Waals surface area contributed by atoms with E-state index in [1.165, 1.54) is 10.7 Å². The van der Waals surface area contributed by atoms with Crippen molar-refractivity contribution in [1.82, 2.24) is 15.1 Å². The Morgan fingerprint density at radius 2 is 1.85 bits per heavy atom. The topological polar surface area (TPSA) is 96.2 Å². The zero-order valence-corrected chi connectivity index (χ0v) is 20.3. The van der Waals surface area contributed by atoms with Crippen LogP contribution in [0.3, 0.4) is 0 Å². The predicted octanol–water partition coefficient (Wildman–Crippen LogP) is 6.33. The number of amides is 2. The Bertz CT molecular complexity index is 1220. The molecule has 1 fully saturated rings. The molecule has 0 spiro atoms. The number of carbonyl (C=O) groups excluding carboxylic acids is 2. The lowest BCUT2D eigenvalue weighted by molar-refractivity contribution is -0.115. The van der Waals surface area contributed by atoms with E-state index in [1.807, 2.05) is 6.07 Å². The molecule has 9 heteroatoms. The third kappa shape index (κ3) is 5.37. The number of phenols is 1. The number of aromatic nitrogens is 2. The van der Waals surface area contributed by atoms with E-state index in [9.17, 15) is 14.7 Å². The molecule has 1 heterocycles. The number of hydrogen-bond acceptors (Lipinski definition) is 4. The second kappa shape index (κ2) is 10.5. The zero-order chi connectivity index (χ0) is 24.2. The van der Waals surface area contributed by atoms with Gasteiger partial charge in [0.1, 0.15) is 5.75 Å². The van der Waals surface area contributed by atoms with Gasteiger partial charge in [0.2, 0.25) is 5.91 Å². The molecule has 1 saturated carbocycles. The van der Waals surface area contributed by atoms with Crippen molar-refractivity contribution >= 4 is 40.8 Å². The van der Waals surface area contributed by atoms with Gasteiger partial charge in [-0.05, 0) is 54.8 Å². The second-order valence-electron chi connectivity index (χ2n) is 8.39. The number of rotatable bonds is 6. The molecular weight excluding hydrogens is 475 g/mol. The molecule has 0 saturated heterocycles. The molecule has 3 aromatic rings. The third-order valence-corrected chi connectivity index (χ3v) is 6.75. The molecule has 1 aliphatic rings. The maximum atomic E-state index is 13.1. The van der Waals surface area contributed by atoms with Gasteiger partial charge in [0.05, 0.1) is 21.4 Å². The van der Waals surface area contributed by atoms with E-state index in [0.29, 0.717) is 33.4 Å². The van der Waals surface area contributed by atoms with Crippen LogP contribution >= 0.6 is 23.2 Å². The number of nitrogens with one attached hydrogen (secondary N) is 2. The number of halogens is 2. The van der Waals surface area contributed by atoms with E-state index >= 15 is 0 Å². The number of hydrogen-bond donors (Lipinski definition) is 3. The quantitative estimate of drug-likeness (QED) is 0.344. The minimum Gasteiger partial charge on any atom is -0.507 e. The molecule has 0 unspecified atom stereocenters. The molecular formula is C25H26Cl2N4O3. The van der Waals surface area contributed by atoms with Crippen LogP contribution in [-0.4, -0.2) is 26.8 Å². The van der Waals surface area contributed by atoms with Crippen LogP contribution in [0.15, 0.2) is 42.5 Å². The fourth-order valence-corrected chi connectivity index (χ4v) is 4.49. The lowest BCUT2D eigenvalue weighted by Crippen LogP contribution is -2.30. The van der Waals surface area contributed by atoms with Gasteiger partial charge in [0.15, 0.2) is 0 Å². The summed E-state index contributed by atoms with van der Waals surface area (Å²) >= 11 is 12.1. The zero-order valence-electron chi connectivity index (χ0n) is 18.8. The fourth-order valence-electron chi connectivity index (χ4n) is 4.17. The predicted molar refractivity (Wildman–Crippen MR) is 134 cm³/mol. The second-order valence-corrected chi connectivity index (χ2v) is 9.20. The van der Waals surface area contributed by atoms with Crippen LogP contribution < -0.4 is 10.6 Å².